The lowest BCUT2D eigenvalue weighted by atomic mass is 10.1. The van der Waals surface area contributed by atoms with Crippen molar-refractivity contribution in [3.05, 3.63) is 90.6 Å². The first-order valence-electron chi connectivity index (χ1n) is 9.37. The molecule has 0 fully saturated rings. The van der Waals surface area contributed by atoms with Gasteiger partial charge in [-0.05, 0) is 36.8 Å². The number of nitrogens with zero attached hydrogens (tertiary/aromatic N) is 6. The van der Waals surface area contributed by atoms with Crippen molar-refractivity contribution in [3.8, 4) is 16.9 Å². The molecule has 0 spiro atoms. The molecule has 1 amide bonds. The van der Waals surface area contributed by atoms with E-state index in [1.54, 1.807) is 6.20 Å². The Morgan fingerprint density at radius 3 is 2.77 bits per heavy atom. The van der Waals surface area contributed by atoms with Crippen LogP contribution in [-0.4, -0.2) is 35.3 Å². The fourth-order valence-electron chi connectivity index (χ4n) is 3.12. The van der Waals surface area contributed by atoms with E-state index in [2.05, 4.69) is 25.5 Å². The molecular formula is C22H17N7O. The molecule has 2 aromatic carbocycles. The Kier molecular flexibility index (Phi) is 4.29. The first-order valence-corrected chi connectivity index (χ1v) is 9.37. The van der Waals surface area contributed by atoms with E-state index in [9.17, 15) is 4.79 Å². The topological polar surface area (TPSA) is 90.0 Å². The number of amides is 1. The number of aromatic nitrogens is 6. The van der Waals surface area contributed by atoms with Crippen LogP contribution in [0.15, 0.2) is 79.4 Å². The van der Waals surface area contributed by atoms with Gasteiger partial charge in [0, 0.05) is 29.8 Å². The lowest BCUT2D eigenvalue weighted by molar-refractivity contribution is 0.102. The van der Waals surface area contributed by atoms with Crippen LogP contribution >= 0.6 is 0 Å². The number of hydrogen-bond donors (Lipinski definition) is 1. The summed E-state index contributed by atoms with van der Waals surface area (Å²) in [4.78, 5) is 23.0. The van der Waals surface area contributed by atoms with Crippen LogP contribution < -0.4 is 5.32 Å². The molecule has 5 rings (SSSR count). The second kappa shape index (κ2) is 7.25. The van der Waals surface area contributed by atoms with Crippen LogP contribution in [0.25, 0.3) is 22.7 Å². The Morgan fingerprint density at radius 2 is 1.93 bits per heavy atom. The minimum Gasteiger partial charge on any atom is -0.320 e. The molecule has 30 heavy (non-hydrogen) atoms. The van der Waals surface area contributed by atoms with E-state index in [0.29, 0.717) is 11.5 Å². The molecule has 0 aliphatic rings. The Labute approximate surface area is 171 Å². The van der Waals surface area contributed by atoms with E-state index < -0.39 is 0 Å². The molecule has 146 valence electrons. The summed E-state index contributed by atoms with van der Waals surface area (Å²) in [5.74, 6) is 0.297. The number of rotatable bonds is 4. The summed E-state index contributed by atoms with van der Waals surface area (Å²) in [5.41, 5.74) is 4.31. The van der Waals surface area contributed by atoms with Gasteiger partial charge in [0.25, 0.3) is 5.91 Å². The van der Waals surface area contributed by atoms with Gasteiger partial charge >= 0.3 is 0 Å². The minimum atomic E-state index is -0.325. The first-order chi connectivity index (χ1) is 14.7. The van der Waals surface area contributed by atoms with Gasteiger partial charge in [-0.15, -0.1) is 5.10 Å². The summed E-state index contributed by atoms with van der Waals surface area (Å²) in [5, 5.41) is 11.4. The van der Waals surface area contributed by atoms with Crippen molar-refractivity contribution in [3.63, 3.8) is 0 Å². The highest BCUT2D eigenvalue weighted by molar-refractivity contribution is 6.03. The average molecular weight is 395 g/mol. The average Bonchev–Trinajstić information content (AvgIpc) is 3.43. The summed E-state index contributed by atoms with van der Waals surface area (Å²) >= 11 is 0. The molecule has 0 radical (unpaired) electrons. The summed E-state index contributed by atoms with van der Waals surface area (Å²) in [7, 11) is 0. The Hall–Kier alpha value is -4.33. The van der Waals surface area contributed by atoms with Gasteiger partial charge in [0.2, 0.25) is 5.78 Å². The molecule has 0 unspecified atom stereocenters. The van der Waals surface area contributed by atoms with Crippen molar-refractivity contribution in [1.29, 1.82) is 0 Å². The molecule has 0 aliphatic heterocycles. The number of aryl methyl sites for hydroxylation is 1. The predicted molar refractivity (Wildman–Crippen MR) is 112 cm³/mol. The number of benzene rings is 2. The predicted octanol–water partition coefficient (Wildman–Crippen LogP) is 3.54. The molecule has 0 saturated heterocycles. The molecule has 0 bridgehead atoms. The summed E-state index contributed by atoms with van der Waals surface area (Å²) in [6.07, 6.45) is 6.96. The molecule has 0 saturated carbocycles. The highest BCUT2D eigenvalue weighted by atomic mass is 16.2. The summed E-state index contributed by atoms with van der Waals surface area (Å²) < 4.78 is 1.86. The van der Waals surface area contributed by atoms with Crippen LogP contribution in [-0.2, 0) is 0 Å². The normalized spacial score (nSPS) is 11.0. The molecule has 5 aromatic rings. The molecule has 8 heteroatoms. The molecule has 0 atom stereocenters. The fraction of sp³-hybridized carbons (Fsp3) is 0.0455. The Bertz CT molecular complexity index is 1320. The van der Waals surface area contributed by atoms with Gasteiger partial charge in [-0.3, -0.25) is 9.20 Å². The zero-order valence-electron chi connectivity index (χ0n) is 16.1. The van der Waals surface area contributed by atoms with Gasteiger partial charge in [0.15, 0.2) is 5.69 Å². The number of para-hydroxylation sites is 1. The number of hydrogen-bond acceptors (Lipinski definition) is 5. The summed E-state index contributed by atoms with van der Waals surface area (Å²) in [6, 6.07) is 17.1. The molecule has 3 aromatic heterocycles. The lowest BCUT2D eigenvalue weighted by Crippen LogP contribution is -2.14. The number of nitrogens with one attached hydrogen (secondary N) is 1. The Balaban J connectivity index is 1.41. The van der Waals surface area contributed by atoms with Gasteiger partial charge in [-0.2, -0.15) is 9.90 Å². The first kappa shape index (κ1) is 17.7. The van der Waals surface area contributed by atoms with E-state index in [0.717, 1.165) is 22.5 Å². The third kappa shape index (κ3) is 3.30. The smallest absolute Gasteiger partial charge is 0.277 e. The molecule has 1 N–H and O–H groups in total. The van der Waals surface area contributed by atoms with Crippen LogP contribution in [0.4, 0.5) is 5.69 Å². The molecular weight excluding hydrogens is 378 g/mol. The number of imidazole rings is 1. The van der Waals surface area contributed by atoms with Crippen molar-refractivity contribution < 1.29 is 4.79 Å². The zero-order chi connectivity index (χ0) is 20.5. The number of carbonyl (C=O) groups excluding carboxylic acids is 1. The largest absolute Gasteiger partial charge is 0.320 e. The maximum Gasteiger partial charge on any atom is 0.277 e. The zero-order valence-corrected chi connectivity index (χ0v) is 16.1. The second-order valence-electron chi connectivity index (χ2n) is 6.79. The maximum absolute atomic E-state index is 12.7. The number of carbonyl (C=O) groups is 1. The van der Waals surface area contributed by atoms with Crippen LogP contribution in [0.5, 0.6) is 0 Å². The molecule has 0 aliphatic carbocycles. The molecule has 3 heterocycles. The second-order valence-corrected chi connectivity index (χ2v) is 6.79. The summed E-state index contributed by atoms with van der Waals surface area (Å²) in [6.45, 7) is 1.94. The lowest BCUT2D eigenvalue weighted by Gasteiger charge is -2.08. The standard InChI is InChI=1S/C22H17N7O/c1-15-8-9-16(20-14-28-11-5-10-23-22(28)26-20)12-18(15)25-21(30)19-13-24-29(27-19)17-6-3-2-4-7-17/h2-14H,1H3,(H,25,30). The number of anilines is 1. The monoisotopic (exact) mass is 395 g/mol. The van der Waals surface area contributed by atoms with Crippen molar-refractivity contribution in [2.24, 2.45) is 0 Å². The third-order valence-electron chi connectivity index (χ3n) is 4.73. The van der Waals surface area contributed by atoms with Gasteiger partial charge in [-0.1, -0.05) is 30.3 Å². The van der Waals surface area contributed by atoms with Gasteiger partial charge in [0.05, 0.1) is 17.6 Å². The van der Waals surface area contributed by atoms with E-state index >= 15 is 0 Å². The minimum absolute atomic E-state index is 0.237. The van der Waals surface area contributed by atoms with Crippen LogP contribution in [0.3, 0.4) is 0 Å². The van der Waals surface area contributed by atoms with Gasteiger partial charge in [-0.25, -0.2) is 9.97 Å². The van der Waals surface area contributed by atoms with E-state index in [4.69, 9.17) is 0 Å². The van der Waals surface area contributed by atoms with Crippen LogP contribution in [0.1, 0.15) is 16.1 Å². The van der Waals surface area contributed by atoms with E-state index in [-0.39, 0.29) is 11.6 Å². The van der Waals surface area contributed by atoms with E-state index in [1.165, 1.54) is 11.0 Å². The van der Waals surface area contributed by atoms with Crippen LogP contribution in [0, 0.1) is 6.92 Å². The van der Waals surface area contributed by atoms with Gasteiger partial charge in [0.1, 0.15) is 0 Å². The fourth-order valence-corrected chi connectivity index (χ4v) is 3.12. The maximum atomic E-state index is 12.7. The Morgan fingerprint density at radius 1 is 1.07 bits per heavy atom. The molecule has 8 nitrogen and oxygen atoms in total. The SMILES string of the molecule is Cc1ccc(-c2cn3cccnc3n2)cc1NC(=O)c1cnn(-c2ccccc2)n1. The van der Waals surface area contributed by atoms with Crippen molar-refractivity contribution in [1.82, 2.24) is 29.4 Å². The van der Waals surface area contributed by atoms with Crippen molar-refractivity contribution in [2.45, 2.75) is 6.92 Å². The van der Waals surface area contributed by atoms with Crippen molar-refractivity contribution in [2.75, 3.05) is 5.32 Å². The van der Waals surface area contributed by atoms with Crippen molar-refractivity contribution >= 4 is 17.4 Å². The number of fused-ring (bicyclic) bond motifs is 1. The van der Waals surface area contributed by atoms with Gasteiger partial charge < -0.3 is 5.32 Å². The quantitative estimate of drug-likeness (QED) is 0.503. The highest BCUT2D eigenvalue weighted by Gasteiger charge is 2.14. The van der Waals surface area contributed by atoms with E-state index in [1.807, 2.05) is 78.3 Å². The third-order valence-corrected chi connectivity index (χ3v) is 4.73. The highest BCUT2D eigenvalue weighted by Crippen LogP contribution is 2.25. The van der Waals surface area contributed by atoms with Crippen LogP contribution in [0.2, 0.25) is 0 Å².